The van der Waals surface area contributed by atoms with Crippen LogP contribution in [0.2, 0.25) is 0 Å². The smallest absolute Gasteiger partial charge is 0.220 e. The summed E-state index contributed by atoms with van der Waals surface area (Å²) in [5.41, 5.74) is 0.154. The van der Waals surface area contributed by atoms with Gasteiger partial charge in [-0.15, -0.1) is 0 Å². The fraction of sp³-hybridized carbons (Fsp3) is 0.857. The van der Waals surface area contributed by atoms with Gasteiger partial charge in [0.1, 0.15) is 5.78 Å². The molecule has 0 aliphatic heterocycles. The maximum absolute atomic E-state index is 11.5. The van der Waals surface area contributed by atoms with Crippen LogP contribution in [0.1, 0.15) is 66.2 Å². The van der Waals surface area contributed by atoms with E-state index in [-0.39, 0.29) is 17.1 Å². The van der Waals surface area contributed by atoms with Crippen molar-refractivity contribution in [2.75, 3.05) is 6.54 Å². The summed E-state index contributed by atoms with van der Waals surface area (Å²) in [4.78, 5) is 22.2. The Labute approximate surface area is 105 Å². The number of hydrogen-bond donors (Lipinski definition) is 1. The fourth-order valence-electron chi connectivity index (χ4n) is 1.66. The van der Waals surface area contributed by atoms with Crippen LogP contribution in [0, 0.1) is 5.41 Å². The number of Topliss-reactive ketones (excluding diaryl/α,β-unsaturated/α-hetero) is 1. The van der Waals surface area contributed by atoms with Crippen LogP contribution < -0.4 is 5.32 Å². The second-order valence-corrected chi connectivity index (χ2v) is 5.60. The summed E-state index contributed by atoms with van der Waals surface area (Å²) >= 11 is 0. The minimum Gasteiger partial charge on any atom is -0.356 e. The Kier molecular flexibility index (Phi) is 7.85. The molecule has 1 N–H and O–H groups in total. The molecule has 0 atom stereocenters. The fourth-order valence-corrected chi connectivity index (χ4v) is 1.66. The van der Waals surface area contributed by atoms with Crippen molar-refractivity contribution in [3.8, 4) is 0 Å². The molecule has 1 amide bonds. The lowest BCUT2D eigenvalue weighted by Crippen LogP contribution is -2.34. The van der Waals surface area contributed by atoms with Crippen LogP contribution in [-0.2, 0) is 9.59 Å². The van der Waals surface area contributed by atoms with Gasteiger partial charge in [0.05, 0.1) is 0 Å². The highest BCUT2D eigenvalue weighted by atomic mass is 16.2. The Hall–Kier alpha value is -0.860. The number of rotatable bonds is 9. The Bertz CT molecular complexity index is 247. The molecule has 3 nitrogen and oxygen atoms in total. The van der Waals surface area contributed by atoms with Crippen molar-refractivity contribution < 1.29 is 9.59 Å². The highest BCUT2D eigenvalue weighted by molar-refractivity contribution is 5.83. The summed E-state index contributed by atoms with van der Waals surface area (Å²) in [6, 6.07) is 0. The molecule has 0 bridgehead atoms. The van der Waals surface area contributed by atoms with E-state index >= 15 is 0 Å². The lowest BCUT2D eigenvalue weighted by molar-refractivity contribution is -0.124. The number of amides is 1. The molecule has 17 heavy (non-hydrogen) atoms. The molecular weight excluding hydrogens is 214 g/mol. The van der Waals surface area contributed by atoms with E-state index in [4.69, 9.17) is 0 Å². The summed E-state index contributed by atoms with van der Waals surface area (Å²) in [7, 11) is 0. The van der Waals surface area contributed by atoms with Gasteiger partial charge in [0.25, 0.3) is 0 Å². The summed E-state index contributed by atoms with van der Waals surface area (Å²) in [6.07, 6.45) is 5.49. The second-order valence-electron chi connectivity index (χ2n) is 5.60. The summed E-state index contributed by atoms with van der Waals surface area (Å²) in [5, 5.41) is 2.91. The molecule has 0 saturated carbocycles. The SMILES string of the molecule is CCCCCC(C)(C)CNC(=O)CCC(C)=O. The van der Waals surface area contributed by atoms with Gasteiger partial charge in [-0.3, -0.25) is 4.79 Å². The standard InChI is InChI=1S/C14H27NO2/c1-5-6-7-10-14(3,4)11-15-13(17)9-8-12(2)16/h5-11H2,1-4H3,(H,15,17). The molecule has 0 aromatic heterocycles. The van der Waals surface area contributed by atoms with E-state index in [1.807, 2.05) is 0 Å². The van der Waals surface area contributed by atoms with E-state index in [2.05, 4.69) is 26.1 Å². The Morgan fingerprint density at radius 2 is 1.76 bits per heavy atom. The van der Waals surface area contributed by atoms with Gasteiger partial charge in [0, 0.05) is 19.4 Å². The molecular formula is C14H27NO2. The van der Waals surface area contributed by atoms with Crippen LogP contribution in [0.5, 0.6) is 0 Å². The highest BCUT2D eigenvalue weighted by Gasteiger charge is 2.18. The number of hydrogen-bond acceptors (Lipinski definition) is 2. The molecule has 0 aromatic rings. The normalized spacial score (nSPS) is 11.3. The Balaban J connectivity index is 3.76. The van der Waals surface area contributed by atoms with E-state index in [0.29, 0.717) is 19.4 Å². The number of ketones is 1. The lowest BCUT2D eigenvalue weighted by atomic mass is 9.87. The van der Waals surface area contributed by atoms with Crippen molar-refractivity contribution in [1.82, 2.24) is 5.32 Å². The average molecular weight is 241 g/mol. The third kappa shape index (κ3) is 10.0. The first-order chi connectivity index (χ1) is 7.87. The van der Waals surface area contributed by atoms with Crippen LogP contribution in [-0.4, -0.2) is 18.2 Å². The molecule has 100 valence electrons. The largest absolute Gasteiger partial charge is 0.356 e. The van der Waals surface area contributed by atoms with Crippen LogP contribution in [0.15, 0.2) is 0 Å². The van der Waals surface area contributed by atoms with Gasteiger partial charge in [0.2, 0.25) is 5.91 Å². The van der Waals surface area contributed by atoms with Crippen LogP contribution in [0.4, 0.5) is 0 Å². The highest BCUT2D eigenvalue weighted by Crippen LogP contribution is 2.22. The monoisotopic (exact) mass is 241 g/mol. The summed E-state index contributed by atoms with van der Waals surface area (Å²) in [6.45, 7) is 8.76. The molecule has 0 saturated heterocycles. The van der Waals surface area contributed by atoms with Crippen LogP contribution in [0.25, 0.3) is 0 Å². The van der Waals surface area contributed by atoms with Gasteiger partial charge < -0.3 is 10.1 Å². The average Bonchev–Trinajstić information content (AvgIpc) is 2.24. The van der Waals surface area contributed by atoms with Crippen LogP contribution >= 0.6 is 0 Å². The zero-order valence-electron chi connectivity index (χ0n) is 11.8. The van der Waals surface area contributed by atoms with Crippen molar-refractivity contribution >= 4 is 11.7 Å². The number of carbonyl (C=O) groups is 2. The number of carbonyl (C=O) groups excluding carboxylic acids is 2. The summed E-state index contributed by atoms with van der Waals surface area (Å²) < 4.78 is 0. The molecule has 0 heterocycles. The molecule has 0 unspecified atom stereocenters. The third-order valence-electron chi connectivity index (χ3n) is 2.93. The molecule has 0 aromatic carbocycles. The summed E-state index contributed by atoms with van der Waals surface area (Å²) in [5.74, 6) is 0.0612. The van der Waals surface area contributed by atoms with Crippen molar-refractivity contribution in [2.45, 2.75) is 66.2 Å². The maximum atomic E-state index is 11.5. The number of unbranched alkanes of at least 4 members (excludes halogenated alkanes) is 2. The van der Waals surface area contributed by atoms with E-state index in [1.54, 1.807) is 0 Å². The topological polar surface area (TPSA) is 46.2 Å². The zero-order chi connectivity index (χ0) is 13.3. The van der Waals surface area contributed by atoms with Gasteiger partial charge in [-0.05, 0) is 18.8 Å². The van der Waals surface area contributed by atoms with E-state index in [1.165, 1.54) is 26.2 Å². The number of nitrogens with one attached hydrogen (secondary N) is 1. The first kappa shape index (κ1) is 16.1. The molecule has 0 spiro atoms. The van der Waals surface area contributed by atoms with Crippen molar-refractivity contribution in [3.05, 3.63) is 0 Å². The van der Waals surface area contributed by atoms with Crippen molar-refractivity contribution in [1.29, 1.82) is 0 Å². The molecule has 3 heteroatoms. The van der Waals surface area contributed by atoms with Crippen LogP contribution in [0.3, 0.4) is 0 Å². The minimum absolute atomic E-state index is 0.0104. The first-order valence-electron chi connectivity index (χ1n) is 6.63. The van der Waals surface area contributed by atoms with Gasteiger partial charge in [-0.2, -0.15) is 0 Å². The van der Waals surface area contributed by atoms with E-state index < -0.39 is 0 Å². The van der Waals surface area contributed by atoms with Gasteiger partial charge in [-0.1, -0.05) is 40.0 Å². The predicted octanol–water partition coefficient (Wildman–Crippen LogP) is 3.08. The quantitative estimate of drug-likeness (QED) is 0.631. The zero-order valence-corrected chi connectivity index (χ0v) is 11.8. The second kappa shape index (κ2) is 8.26. The predicted molar refractivity (Wildman–Crippen MR) is 70.8 cm³/mol. The van der Waals surface area contributed by atoms with Crippen molar-refractivity contribution in [3.63, 3.8) is 0 Å². The maximum Gasteiger partial charge on any atom is 0.220 e. The minimum atomic E-state index is -0.0104. The Morgan fingerprint density at radius 3 is 2.29 bits per heavy atom. The van der Waals surface area contributed by atoms with E-state index in [9.17, 15) is 9.59 Å². The van der Waals surface area contributed by atoms with Gasteiger partial charge in [-0.25, -0.2) is 0 Å². The van der Waals surface area contributed by atoms with E-state index in [0.717, 1.165) is 6.42 Å². The van der Waals surface area contributed by atoms with Gasteiger partial charge in [0.15, 0.2) is 0 Å². The van der Waals surface area contributed by atoms with Gasteiger partial charge >= 0.3 is 0 Å². The first-order valence-corrected chi connectivity index (χ1v) is 6.63. The lowest BCUT2D eigenvalue weighted by Gasteiger charge is -2.24. The van der Waals surface area contributed by atoms with Crippen molar-refractivity contribution in [2.24, 2.45) is 5.41 Å². The Morgan fingerprint density at radius 1 is 1.12 bits per heavy atom. The molecule has 0 fully saturated rings. The molecule has 0 rings (SSSR count). The third-order valence-corrected chi connectivity index (χ3v) is 2.93. The molecule has 0 aliphatic carbocycles. The molecule has 0 radical (unpaired) electrons. The molecule has 0 aliphatic rings.